The fourth-order valence-electron chi connectivity index (χ4n) is 8.15. The van der Waals surface area contributed by atoms with Crippen LogP contribution in [0.5, 0.6) is 0 Å². The summed E-state index contributed by atoms with van der Waals surface area (Å²) in [4.78, 5) is 0. The minimum absolute atomic E-state index is 0.576. The van der Waals surface area contributed by atoms with Gasteiger partial charge >= 0.3 is 0 Å². The highest BCUT2D eigenvalue weighted by Crippen LogP contribution is 2.65. The van der Waals surface area contributed by atoms with Gasteiger partial charge < -0.3 is 4.74 Å². The van der Waals surface area contributed by atoms with Crippen molar-refractivity contribution in [2.24, 2.45) is 46.8 Å². The first-order valence-electron chi connectivity index (χ1n) is 10.7. The van der Waals surface area contributed by atoms with Crippen LogP contribution in [-0.4, -0.2) is 13.7 Å². The fourth-order valence-corrected chi connectivity index (χ4v) is 8.15. The lowest BCUT2D eigenvalue weighted by Crippen LogP contribution is -2.48. The smallest absolute Gasteiger partial charge is 0.0490 e. The van der Waals surface area contributed by atoms with E-state index < -0.39 is 0 Å². The molecule has 0 heterocycles. The molecule has 0 aromatic heterocycles. The quantitative estimate of drug-likeness (QED) is 0.569. The number of methoxy groups -OCH3 is 1. The first kappa shape index (κ1) is 17.1. The monoisotopic (exact) mass is 330 g/mol. The van der Waals surface area contributed by atoms with Crippen LogP contribution in [0, 0.1) is 46.8 Å². The molecule has 1 heteroatoms. The highest BCUT2D eigenvalue weighted by Gasteiger charge is 2.56. The summed E-state index contributed by atoms with van der Waals surface area (Å²) in [5.41, 5.74) is 2.04. The maximum atomic E-state index is 5.46. The molecule has 4 fully saturated rings. The topological polar surface area (TPSA) is 9.23 Å². The average molecular weight is 331 g/mol. The Balaban J connectivity index is 1.49. The Kier molecular flexibility index (Phi) is 4.61. The van der Waals surface area contributed by atoms with Gasteiger partial charge in [-0.2, -0.15) is 0 Å². The molecule has 4 aliphatic rings. The molecule has 0 aromatic carbocycles. The third-order valence-electron chi connectivity index (χ3n) is 9.06. The fraction of sp³-hybridized carbons (Fsp3) is 0.913. The van der Waals surface area contributed by atoms with Gasteiger partial charge in [0.2, 0.25) is 0 Å². The standard InChI is InChI=1S/C23H38O/c1-15(2)21-9-10-22-20-8-6-17-13-16(14-24-4)5-7-18(17)19(20)11-12-23(21,22)3/h16-22H,1,5-14H2,2-4H3. The third-order valence-corrected chi connectivity index (χ3v) is 9.06. The SMILES string of the molecule is C=C(C)C1CCC2C3CCC4CC(COC)CCC4C3CCC12C. The van der Waals surface area contributed by atoms with Gasteiger partial charge in [-0.1, -0.05) is 19.1 Å². The molecule has 0 aliphatic heterocycles. The summed E-state index contributed by atoms with van der Waals surface area (Å²) < 4.78 is 5.46. The molecule has 0 saturated heterocycles. The van der Waals surface area contributed by atoms with Crippen molar-refractivity contribution in [2.45, 2.75) is 71.6 Å². The predicted molar refractivity (Wildman–Crippen MR) is 101 cm³/mol. The molecule has 4 rings (SSSR count). The molecule has 0 N–H and O–H groups in total. The predicted octanol–water partition coefficient (Wildman–Crippen LogP) is 6.09. The van der Waals surface area contributed by atoms with E-state index in [2.05, 4.69) is 20.4 Å². The summed E-state index contributed by atoms with van der Waals surface area (Å²) in [5, 5.41) is 0. The Labute approximate surface area is 149 Å². The van der Waals surface area contributed by atoms with Gasteiger partial charge in [0.05, 0.1) is 0 Å². The van der Waals surface area contributed by atoms with Gasteiger partial charge in [-0.05, 0) is 112 Å². The van der Waals surface area contributed by atoms with Crippen molar-refractivity contribution < 1.29 is 4.74 Å². The molecule has 8 atom stereocenters. The van der Waals surface area contributed by atoms with Gasteiger partial charge in [0.1, 0.15) is 0 Å². The summed E-state index contributed by atoms with van der Waals surface area (Å²) in [6, 6.07) is 0. The number of ether oxygens (including phenoxy) is 1. The lowest BCUT2D eigenvalue weighted by atomic mass is 9.49. The van der Waals surface area contributed by atoms with Crippen LogP contribution in [0.1, 0.15) is 71.6 Å². The van der Waals surface area contributed by atoms with Gasteiger partial charge in [-0.25, -0.2) is 0 Å². The Bertz CT molecular complexity index is 482. The molecule has 8 unspecified atom stereocenters. The number of hydrogen-bond acceptors (Lipinski definition) is 1. The summed E-state index contributed by atoms with van der Waals surface area (Å²) >= 11 is 0. The van der Waals surface area contributed by atoms with E-state index in [1.807, 2.05) is 7.11 Å². The minimum Gasteiger partial charge on any atom is -0.384 e. The Morgan fingerprint density at radius 2 is 1.79 bits per heavy atom. The minimum atomic E-state index is 0.576. The van der Waals surface area contributed by atoms with E-state index in [0.717, 1.165) is 48.0 Å². The molecule has 0 spiro atoms. The molecule has 24 heavy (non-hydrogen) atoms. The van der Waals surface area contributed by atoms with Gasteiger partial charge in [-0.15, -0.1) is 0 Å². The van der Waals surface area contributed by atoms with Crippen LogP contribution in [0.3, 0.4) is 0 Å². The van der Waals surface area contributed by atoms with Gasteiger partial charge in [-0.3, -0.25) is 0 Å². The lowest BCUT2D eigenvalue weighted by Gasteiger charge is -2.56. The Morgan fingerprint density at radius 1 is 1.00 bits per heavy atom. The Hall–Kier alpha value is -0.300. The van der Waals surface area contributed by atoms with Crippen LogP contribution in [0.2, 0.25) is 0 Å². The van der Waals surface area contributed by atoms with Crippen molar-refractivity contribution in [3.63, 3.8) is 0 Å². The highest BCUT2D eigenvalue weighted by atomic mass is 16.5. The van der Waals surface area contributed by atoms with Crippen LogP contribution in [-0.2, 0) is 4.74 Å². The van der Waals surface area contributed by atoms with Crippen LogP contribution in [0.4, 0.5) is 0 Å². The second kappa shape index (κ2) is 6.45. The summed E-state index contributed by atoms with van der Waals surface area (Å²) in [5.74, 6) is 6.80. The zero-order valence-corrected chi connectivity index (χ0v) is 16.2. The summed E-state index contributed by atoms with van der Waals surface area (Å²) in [6.07, 6.45) is 13.3. The van der Waals surface area contributed by atoms with Crippen molar-refractivity contribution >= 4 is 0 Å². The number of rotatable bonds is 3. The zero-order chi connectivity index (χ0) is 16.9. The zero-order valence-electron chi connectivity index (χ0n) is 16.2. The van der Waals surface area contributed by atoms with Crippen molar-refractivity contribution in [2.75, 3.05) is 13.7 Å². The molecular weight excluding hydrogens is 292 g/mol. The van der Waals surface area contributed by atoms with Crippen LogP contribution in [0.15, 0.2) is 12.2 Å². The van der Waals surface area contributed by atoms with Crippen molar-refractivity contribution in [3.8, 4) is 0 Å². The maximum absolute atomic E-state index is 5.46. The van der Waals surface area contributed by atoms with E-state index in [-0.39, 0.29) is 0 Å². The van der Waals surface area contributed by atoms with E-state index in [4.69, 9.17) is 4.74 Å². The van der Waals surface area contributed by atoms with Crippen molar-refractivity contribution in [1.82, 2.24) is 0 Å². The maximum Gasteiger partial charge on any atom is 0.0490 e. The number of allylic oxidation sites excluding steroid dienone is 1. The number of hydrogen-bond donors (Lipinski definition) is 0. The largest absolute Gasteiger partial charge is 0.384 e. The van der Waals surface area contributed by atoms with Crippen LogP contribution < -0.4 is 0 Å². The normalized spacial score (nSPS) is 50.7. The van der Waals surface area contributed by atoms with Crippen LogP contribution in [0.25, 0.3) is 0 Å². The van der Waals surface area contributed by atoms with Crippen LogP contribution >= 0.6 is 0 Å². The number of fused-ring (bicyclic) bond motifs is 5. The van der Waals surface area contributed by atoms with E-state index in [1.54, 1.807) is 0 Å². The lowest BCUT2D eigenvalue weighted by molar-refractivity contribution is -0.0683. The molecule has 0 radical (unpaired) electrons. The van der Waals surface area contributed by atoms with E-state index in [9.17, 15) is 0 Å². The molecule has 0 aromatic rings. The van der Waals surface area contributed by atoms with E-state index in [0.29, 0.717) is 5.41 Å². The average Bonchev–Trinajstić information content (AvgIpc) is 2.92. The molecule has 1 nitrogen and oxygen atoms in total. The first-order valence-corrected chi connectivity index (χ1v) is 10.7. The second-order valence-corrected chi connectivity index (χ2v) is 10.1. The third kappa shape index (κ3) is 2.61. The summed E-state index contributed by atoms with van der Waals surface area (Å²) in [7, 11) is 1.88. The molecule has 4 aliphatic carbocycles. The molecule has 0 bridgehead atoms. The van der Waals surface area contributed by atoms with Crippen molar-refractivity contribution in [1.29, 1.82) is 0 Å². The molecule has 0 amide bonds. The van der Waals surface area contributed by atoms with Gasteiger partial charge in [0.25, 0.3) is 0 Å². The van der Waals surface area contributed by atoms with Gasteiger partial charge in [0.15, 0.2) is 0 Å². The van der Waals surface area contributed by atoms with Gasteiger partial charge in [0, 0.05) is 13.7 Å². The summed E-state index contributed by atoms with van der Waals surface area (Å²) in [6.45, 7) is 10.3. The van der Waals surface area contributed by atoms with E-state index in [1.165, 1.54) is 63.4 Å². The second-order valence-electron chi connectivity index (χ2n) is 10.1. The Morgan fingerprint density at radius 3 is 2.54 bits per heavy atom. The molecule has 4 saturated carbocycles. The van der Waals surface area contributed by atoms with E-state index >= 15 is 0 Å². The molecular formula is C23H38O. The highest BCUT2D eigenvalue weighted by molar-refractivity contribution is 5.13. The van der Waals surface area contributed by atoms with Crippen molar-refractivity contribution in [3.05, 3.63) is 12.2 Å². The molecule has 136 valence electrons. The first-order chi connectivity index (χ1) is 11.5.